The maximum atomic E-state index is 11.0. The van der Waals surface area contributed by atoms with E-state index in [9.17, 15) is 4.79 Å². The van der Waals surface area contributed by atoms with E-state index in [-0.39, 0.29) is 5.97 Å². The van der Waals surface area contributed by atoms with Crippen molar-refractivity contribution in [2.24, 2.45) is 10.4 Å². The summed E-state index contributed by atoms with van der Waals surface area (Å²) in [7, 11) is 1.42. The number of carbonyl (C=O) groups is 1. The number of nitrogens with zero attached hydrogens (tertiary/aromatic N) is 1. The molecule has 2 N–H and O–H groups in total. The Bertz CT molecular complexity index is 335. The maximum absolute atomic E-state index is 11.0. The molecule has 0 aliphatic rings. The number of rotatable bonds is 9. The van der Waals surface area contributed by atoms with E-state index in [0.717, 1.165) is 38.3 Å². The van der Waals surface area contributed by atoms with Gasteiger partial charge in [0.25, 0.3) is 0 Å². The number of ether oxygens (including phenoxy) is 1. The Morgan fingerprint density at radius 3 is 2.50 bits per heavy atom. The molecule has 130 valence electrons. The molecule has 0 aliphatic carbocycles. The Morgan fingerprint density at radius 2 is 1.95 bits per heavy atom. The van der Waals surface area contributed by atoms with Crippen molar-refractivity contribution in [3.63, 3.8) is 0 Å². The van der Waals surface area contributed by atoms with E-state index in [1.807, 2.05) is 0 Å². The summed E-state index contributed by atoms with van der Waals surface area (Å²) < 4.78 is 4.62. The molecule has 0 bridgehead atoms. The SMILES string of the molecule is CCNC(=NCCCCC(=O)OC)NC(C)CCC(C)(C)C. The molecule has 5 heteroatoms. The summed E-state index contributed by atoms with van der Waals surface area (Å²) in [6.45, 7) is 12.6. The van der Waals surface area contributed by atoms with Gasteiger partial charge in [-0.15, -0.1) is 0 Å². The quantitative estimate of drug-likeness (QED) is 0.297. The van der Waals surface area contributed by atoms with Crippen LogP contribution >= 0.6 is 0 Å². The van der Waals surface area contributed by atoms with E-state index in [2.05, 4.69) is 55.0 Å². The third-order valence-corrected chi connectivity index (χ3v) is 3.34. The van der Waals surface area contributed by atoms with Gasteiger partial charge in [0, 0.05) is 25.6 Å². The zero-order valence-corrected chi connectivity index (χ0v) is 15.3. The Balaban J connectivity index is 4.11. The van der Waals surface area contributed by atoms with E-state index in [0.29, 0.717) is 17.9 Å². The van der Waals surface area contributed by atoms with E-state index in [1.54, 1.807) is 0 Å². The summed E-state index contributed by atoms with van der Waals surface area (Å²) in [6, 6.07) is 0.395. The van der Waals surface area contributed by atoms with Crippen molar-refractivity contribution in [1.82, 2.24) is 10.6 Å². The number of methoxy groups -OCH3 is 1. The molecule has 0 aromatic rings. The number of hydrogen-bond donors (Lipinski definition) is 2. The van der Waals surface area contributed by atoms with Gasteiger partial charge in [-0.2, -0.15) is 0 Å². The topological polar surface area (TPSA) is 62.7 Å². The van der Waals surface area contributed by atoms with Gasteiger partial charge in [-0.05, 0) is 44.9 Å². The molecule has 22 heavy (non-hydrogen) atoms. The number of nitrogens with one attached hydrogen (secondary N) is 2. The van der Waals surface area contributed by atoms with Crippen LogP contribution in [0, 0.1) is 5.41 Å². The lowest BCUT2D eigenvalue weighted by atomic mass is 9.89. The first-order valence-electron chi connectivity index (χ1n) is 8.40. The summed E-state index contributed by atoms with van der Waals surface area (Å²) in [6.07, 6.45) is 4.48. The fourth-order valence-electron chi connectivity index (χ4n) is 1.95. The van der Waals surface area contributed by atoms with Crippen LogP contribution in [-0.4, -0.2) is 38.2 Å². The molecule has 0 fully saturated rings. The van der Waals surface area contributed by atoms with Gasteiger partial charge in [-0.25, -0.2) is 0 Å². The maximum Gasteiger partial charge on any atom is 0.305 e. The molecule has 0 rings (SSSR count). The second-order valence-corrected chi connectivity index (χ2v) is 6.94. The molecular formula is C17H35N3O2. The number of carbonyl (C=O) groups excluding carboxylic acids is 1. The smallest absolute Gasteiger partial charge is 0.305 e. The first-order valence-corrected chi connectivity index (χ1v) is 8.40. The van der Waals surface area contributed by atoms with Crippen molar-refractivity contribution in [1.29, 1.82) is 0 Å². The molecule has 1 atom stereocenters. The highest BCUT2D eigenvalue weighted by Crippen LogP contribution is 2.21. The standard InChI is InChI=1S/C17H35N3O2/c1-7-18-16(19-13-9-8-10-15(21)22-6)20-14(2)11-12-17(3,4)5/h14H,7-13H2,1-6H3,(H2,18,19,20). The van der Waals surface area contributed by atoms with Crippen molar-refractivity contribution in [2.75, 3.05) is 20.2 Å². The lowest BCUT2D eigenvalue weighted by Gasteiger charge is -2.23. The summed E-state index contributed by atoms with van der Waals surface area (Å²) in [5.74, 6) is 0.715. The minimum Gasteiger partial charge on any atom is -0.469 e. The van der Waals surface area contributed by atoms with Crippen LogP contribution in [0.3, 0.4) is 0 Å². The van der Waals surface area contributed by atoms with Gasteiger partial charge in [0.15, 0.2) is 5.96 Å². The lowest BCUT2D eigenvalue weighted by Crippen LogP contribution is -2.42. The largest absolute Gasteiger partial charge is 0.469 e. The molecule has 0 radical (unpaired) electrons. The van der Waals surface area contributed by atoms with Crippen LogP contribution in [-0.2, 0) is 9.53 Å². The normalized spacial score (nSPS) is 13.6. The molecule has 0 saturated heterocycles. The average molecular weight is 313 g/mol. The molecule has 0 aromatic carbocycles. The predicted molar refractivity (Wildman–Crippen MR) is 93.1 cm³/mol. The average Bonchev–Trinajstić information content (AvgIpc) is 2.43. The molecular weight excluding hydrogens is 278 g/mol. The monoisotopic (exact) mass is 313 g/mol. The van der Waals surface area contributed by atoms with E-state index in [1.165, 1.54) is 13.5 Å². The fraction of sp³-hybridized carbons (Fsp3) is 0.882. The molecule has 1 unspecified atom stereocenters. The number of unbranched alkanes of at least 4 members (excludes halogenated alkanes) is 1. The molecule has 0 amide bonds. The van der Waals surface area contributed by atoms with Crippen molar-refractivity contribution < 1.29 is 9.53 Å². The Morgan fingerprint density at radius 1 is 1.27 bits per heavy atom. The van der Waals surface area contributed by atoms with Gasteiger partial charge in [-0.3, -0.25) is 9.79 Å². The van der Waals surface area contributed by atoms with Gasteiger partial charge in [-0.1, -0.05) is 20.8 Å². The van der Waals surface area contributed by atoms with Crippen LogP contribution in [0.1, 0.15) is 66.7 Å². The van der Waals surface area contributed by atoms with Gasteiger partial charge in [0.1, 0.15) is 0 Å². The summed E-state index contributed by atoms with van der Waals surface area (Å²) in [5.41, 5.74) is 0.360. The van der Waals surface area contributed by atoms with E-state index in [4.69, 9.17) is 0 Å². The van der Waals surface area contributed by atoms with Gasteiger partial charge in [0.2, 0.25) is 0 Å². The molecule has 5 nitrogen and oxygen atoms in total. The minimum atomic E-state index is -0.148. The Hall–Kier alpha value is -1.26. The van der Waals surface area contributed by atoms with Crippen molar-refractivity contribution in [3.05, 3.63) is 0 Å². The van der Waals surface area contributed by atoms with Crippen molar-refractivity contribution in [3.8, 4) is 0 Å². The van der Waals surface area contributed by atoms with Crippen molar-refractivity contribution >= 4 is 11.9 Å². The number of hydrogen-bond acceptors (Lipinski definition) is 3. The molecule has 0 spiro atoms. The first-order chi connectivity index (χ1) is 10.3. The van der Waals surface area contributed by atoms with E-state index < -0.39 is 0 Å². The summed E-state index contributed by atoms with van der Waals surface area (Å²) >= 11 is 0. The third-order valence-electron chi connectivity index (χ3n) is 3.34. The van der Waals surface area contributed by atoms with E-state index >= 15 is 0 Å². The van der Waals surface area contributed by atoms with Crippen molar-refractivity contribution in [2.45, 2.75) is 72.8 Å². The van der Waals surface area contributed by atoms with Crippen LogP contribution in [0.4, 0.5) is 0 Å². The molecule has 0 aromatic heterocycles. The van der Waals surface area contributed by atoms with Crippen LogP contribution in [0.2, 0.25) is 0 Å². The van der Waals surface area contributed by atoms with Gasteiger partial charge >= 0.3 is 5.97 Å². The Labute approximate surface area is 136 Å². The molecule has 0 aliphatic heterocycles. The van der Waals surface area contributed by atoms with Gasteiger partial charge in [0.05, 0.1) is 7.11 Å². The highest BCUT2D eigenvalue weighted by atomic mass is 16.5. The highest BCUT2D eigenvalue weighted by molar-refractivity contribution is 5.80. The van der Waals surface area contributed by atoms with Crippen LogP contribution in [0.5, 0.6) is 0 Å². The summed E-state index contributed by atoms with van der Waals surface area (Å²) in [5, 5.41) is 6.72. The molecule has 0 heterocycles. The number of guanidine groups is 1. The fourth-order valence-corrected chi connectivity index (χ4v) is 1.95. The first kappa shape index (κ1) is 20.7. The van der Waals surface area contributed by atoms with Gasteiger partial charge < -0.3 is 15.4 Å². The van der Waals surface area contributed by atoms with Crippen LogP contribution in [0.15, 0.2) is 4.99 Å². The zero-order chi connectivity index (χ0) is 17.0. The predicted octanol–water partition coefficient (Wildman–Crippen LogP) is 3.10. The third kappa shape index (κ3) is 12.5. The highest BCUT2D eigenvalue weighted by Gasteiger charge is 2.13. The van der Waals surface area contributed by atoms with Crippen LogP contribution < -0.4 is 10.6 Å². The second-order valence-electron chi connectivity index (χ2n) is 6.94. The minimum absolute atomic E-state index is 0.148. The summed E-state index contributed by atoms with van der Waals surface area (Å²) in [4.78, 5) is 15.6. The number of aliphatic imine (C=N–C) groups is 1. The zero-order valence-electron chi connectivity index (χ0n) is 15.3. The van der Waals surface area contributed by atoms with Crippen LogP contribution in [0.25, 0.3) is 0 Å². The second kappa shape index (κ2) is 11.3. The Kier molecular flexibility index (Phi) is 10.7. The lowest BCUT2D eigenvalue weighted by molar-refractivity contribution is -0.140. The molecule has 0 saturated carbocycles. The number of esters is 1.